The summed E-state index contributed by atoms with van der Waals surface area (Å²) in [6, 6.07) is 11.5. The van der Waals surface area contributed by atoms with Crippen LogP contribution in [0.4, 0.5) is 0 Å². The molecule has 0 saturated carbocycles. The fourth-order valence-corrected chi connectivity index (χ4v) is 2.89. The van der Waals surface area contributed by atoms with Crippen molar-refractivity contribution in [2.24, 2.45) is 5.73 Å². The Balaban J connectivity index is 2.42. The van der Waals surface area contributed by atoms with E-state index in [1.165, 1.54) is 0 Å². The molecule has 2 N–H and O–H groups in total. The first-order valence-corrected chi connectivity index (χ1v) is 7.50. The van der Waals surface area contributed by atoms with Gasteiger partial charge in [-0.2, -0.15) is 0 Å². The molecular formula is C14H11Br2NOS. The van der Waals surface area contributed by atoms with Crippen LogP contribution in [0.5, 0.6) is 11.5 Å². The molecule has 0 spiro atoms. The van der Waals surface area contributed by atoms with Crippen molar-refractivity contribution in [2.45, 2.75) is 6.92 Å². The van der Waals surface area contributed by atoms with E-state index in [1.54, 1.807) is 0 Å². The number of aryl methyl sites for hydroxylation is 1. The lowest BCUT2D eigenvalue weighted by molar-refractivity contribution is 0.478. The molecule has 0 unspecified atom stereocenters. The second-order valence-electron chi connectivity index (χ2n) is 4.04. The molecule has 0 amide bonds. The molecule has 0 aromatic heterocycles. The Morgan fingerprint density at radius 1 is 1.11 bits per heavy atom. The molecule has 0 aliphatic heterocycles. The van der Waals surface area contributed by atoms with Gasteiger partial charge in [-0.3, -0.25) is 0 Å². The summed E-state index contributed by atoms with van der Waals surface area (Å²) >= 11 is 11.9. The molecule has 2 aromatic carbocycles. The van der Waals surface area contributed by atoms with Crippen LogP contribution in [0, 0.1) is 6.92 Å². The van der Waals surface area contributed by atoms with Gasteiger partial charge in [-0.1, -0.05) is 34.2 Å². The predicted molar refractivity (Wildman–Crippen MR) is 89.0 cm³/mol. The Labute approximate surface area is 134 Å². The molecule has 98 valence electrons. The van der Waals surface area contributed by atoms with Gasteiger partial charge in [-0.05, 0) is 58.7 Å². The topological polar surface area (TPSA) is 35.2 Å². The molecular weight excluding hydrogens is 390 g/mol. The maximum Gasteiger partial charge on any atom is 0.141 e. The number of rotatable bonds is 3. The maximum atomic E-state index is 5.90. The molecule has 2 nitrogen and oxygen atoms in total. The van der Waals surface area contributed by atoms with Crippen molar-refractivity contribution in [2.75, 3.05) is 0 Å². The molecule has 5 heteroatoms. The van der Waals surface area contributed by atoms with Gasteiger partial charge >= 0.3 is 0 Å². The normalized spacial score (nSPS) is 10.3. The first-order chi connectivity index (χ1) is 8.97. The van der Waals surface area contributed by atoms with Crippen LogP contribution < -0.4 is 10.5 Å². The third-order valence-corrected chi connectivity index (χ3v) is 3.85. The fourth-order valence-electron chi connectivity index (χ4n) is 1.59. The second kappa shape index (κ2) is 6.03. The number of nitrogens with two attached hydrogens (primary N) is 1. The van der Waals surface area contributed by atoms with E-state index in [0.717, 1.165) is 20.1 Å². The lowest BCUT2D eigenvalue weighted by Crippen LogP contribution is -2.10. The third kappa shape index (κ3) is 3.55. The van der Waals surface area contributed by atoms with E-state index in [4.69, 9.17) is 22.7 Å². The van der Waals surface area contributed by atoms with E-state index in [0.29, 0.717) is 16.5 Å². The van der Waals surface area contributed by atoms with Gasteiger partial charge in [0.2, 0.25) is 0 Å². The monoisotopic (exact) mass is 399 g/mol. The van der Waals surface area contributed by atoms with E-state index in [2.05, 4.69) is 31.9 Å². The summed E-state index contributed by atoms with van der Waals surface area (Å²) in [4.78, 5) is 0.322. The minimum absolute atomic E-state index is 0.322. The molecule has 0 saturated heterocycles. The maximum absolute atomic E-state index is 5.90. The van der Waals surface area contributed by atoms with Gasteiger partial charge in [0.25, 0.3) is 0 Å². The zero-order chi connectivity index (χ0) is 14.0. The summed E-state index contributed by atoms with van der Waals surface area (Å²) < 4.78 is 7.74. The Bertz CT molecular complexity index is 643. The lowest BCUT2D eigenvalue weighted by Gasteiger charge is -2.12. The number of ether oxygens (including phenoxy) is 1. The van der Waals surface area contributed by atoms with Crippen LogP contribution in [0.1, 0.15) is 11.1 Å². The van der Waals surface area contributed by atoms with E-state index >= 15 is 0 Å². The van der Waals surface area contributed by atoms with E-state index in [9.17, 15) is 0 Å². The SMILES string of the molecule is Cc1ccc(C(N)=S)c(Oc2ccc(Br)cc2Br)c1. The van der Waals surface area contributed by atoms with Crippen LogP contribution in [0.3, 0.4) is 0 Å². The summed E-state index contributed by atoms with van der Waals surface area (Å²) in [5.41, 5.74) is 7.53. The largest absolute Gasteiger partial charge is 0.455 e. The molecule has 0 atom stereocenters. The quantitative estimate of drug-likeness (QED) is 0.740. The molecule has 0 bridgehead atoms. The van der Waals surface area contributed by atoms with Crippen LogP contribution in [0.15, 0.2) is 45.3 Å². The highest BCUT2D eigenvalue weighted by Crippen LogP contribution is 2.33. The molecule has 0 heterocycles. The van der Waals surface area contributed by atoms with Gasteiger partial charge in [0.1, 0.15) is 16.5 Å². The summed E-state index contributed by atoms with van der Waals surface area (Å²) in [6.45, 7) is 1.99. The first kappa shape index (κ1) is 14.5. The summed E-state index contributed by atoms with van der Waals surface area (Å²) in [7, 11) is 0. The minimum atomic E-state index is 0.322. The minimum Gasteiger partial charge on any atom is -0.455 e. The van der Waals surface area contributed by atoms with Gasteiger partial charge in [-0.25, -0.2) is 0 Å². The van der Waals surface area contributed by atoms with Gasteiger partial charge in [0.15, 0.2) is 0 Å². The van der Waals surface area contributed by atoms with Gasteiger partial charge in [-0.15, -0.1) is 0 Å². The highest BCUT2D eigenvalue weighted by molar-refractivity contribution is 9.11. The smallest absolute Gasteiger partial charge is 0.141 e. The fraction of sp³-hybridized carbons (Fsp3) is 0.0714. The van der Waals surface area contributed by atoms with Crippen molar-refractivity contribution in [1.29, 1.82) is 0 Å². The van der Waals surface area contributed by atoms with E-state index < -0.39 is 0 Å². The zero-order valence-electron chi connectivity index (χ0n) is 10.1. The Morgan fingerprint density at radius 2 is 1.84 bits per heavy atom. The second-order valence-corrected chi connectivity index (χ2v) is 6.25. The Morgan fingerprint density at radius 3 is 2.47 bits per heavy atom. The van der Waals surface area contributed by atoms with Crippen molar-refractivity contribution < 1.29 is 4.74 Å². The standard InChI is InChI=1S/C14H11Br2NOS/c1-8-2-4-10(14(17)19)13(6-8)18-12-5-3-9(15)7-11(12)16/h2-7H,1H3,(H2,17,19). The summed E-state index contributed by atoms with van der Waals surface area (Å²) in [6.07, 6.45) is 0. The molecule has 0 aliphatic carbocycles. The molecule has 2 aromatic rings. The molecule has 0 aliphatic rings. The van der Waals surface area contributed by atoms with E-state index in [1.807, 2.05) is 43.3 Å². The lowest BCUT2D eigenvalue weighted by atomic mass is 10.1. The third-order valence-electron chi connectivity index (χ3n) is 2.52. The van der Waals surface area contributed by atoms with Gasteiger partial charge < -0.3 is 10.5 Å². The van der Waals surface area contributed by atoms with Crippen LogP contribution in [0.2, 0.25) is 0 Å². The number of thiocarbonyl (C=S) groups is 1. The molecule has 19 heavy (non-hydrogen) atoms. The van der Waals surface area contributed by atoms with Crippen molar-refractivity contribution >= 4 is 49.1 Å². The number of halogens is 2. The highest BCUT2D eigenvalue weighted by atomic mass is 79.9. The van der Waals surface area contributed by atoms with Crippen molar-refractivity contribution in [3.63, 3.8) is 0 Å². The summed E-state index contributed by atoms with van der Waals surface area (Å²) in [5, 5.41) is 0. The highest BCUT2D eigenvalue weighted by Gasteiger charge is 2.10. The van der Waals surface area contributed by atoms with Gasteiger partial charge in [0.05, 0.1) is 10.0 Å². The average Bonchev–Trinajstić information content (AvgIpc) is 2.32. The average molecular weight is 401 g/mol. The first-order valence-electron chi connectivity index (χ1n) is 5.51. The number of benzene rings is 2. The van der Waals surface area contributed by atoms with Gasteiger partial charge in [0, 0.05) is 4.47 Å². The predicted octanol–water partition coefficient (Wildman–Crippen LogP) is 4.95. The molecule has 2 rings (SSSR count). The van der Waals surface area contributed by atoms with Crippen LogP contribution in [0.25, 0.3) is 0 Å². The van der Waals surface area contributed by atoms with Crippen molar-refractivity contribution in [1.82, 2.24) is 0 Å². The Kier molecular flexibility index (Phi) is 4.60. The van der Waals surface area contributed by atoms with Crippen LogP contribution >= 0.6 is 44.1 Å². The molecule has 0 radical (unpaired) electrons. The van der Waals surface area contributed by atoms with Crippen molar-refractivity contribution in [3.8, 4) is 11.5 Å². The summed E-state index contributed by atoms with van der Waals surface area (Å²) in [5.74, 6) is 1.38. The zero-order valence-corrected chi connectivity index (χ0v) is 14.1. The van der Waals surface area contributed by atoms with Crippen molar-refractivity contribution in [3.05, 3.63) is 56.5 Å². The number of hydrogen-bond donors (Lipinski definition) is 1. The molecule has 0 fully saturated rings. The number of hydrogen-bond acceptors (Lipinski definition) is 2. The van der Waals surface area contributed by atoms with E-state index in [-0.39, 0.29) is 0 Å². The Hall–Kier alpha value is -0.910. The van der Waals surface area contributed by atoms with Crippen LogP contribution in [-0.4, -0.2) is 4.99 Å². The van der Waals surface area contributed by atoms with Crippen LogP contribution in [-0.2, 0) is 0 Å².